The second kappa shape index (κ2) is 4.66. The van der Waals surface area contributed by atoms with Gasteiger partial charge in [0.25, 0.3) is 0 Å². The Hall–Kier alpha value is -0.120. The lowest BCUT2D eigenvalue weighted by Gasteiger charge is -2.18. The predicted molar refractivity (Wildman–Crippen MR) is 38.9 cm³/mol. The molecule has 3 nitrogen and oxygen atoms in total. The fourth-order valence-electron chi connectivity index (χ4n) is 1.04. The first-order valence-corrected chi connectivity index (χ1v) is 3.86. The first-order chi connectivity index (χ1) is 4.93. The summed E-state index contributed by atoms with van der Waals surface area (Å²) in [6.45, 7) is 2.77. The van der Waals surface area contributed by atoms with Crippen LogP contribution in [0.5, 0.6) is 0 Å². The Labute approximate surface area is 61.4 Å². The molecule has 3 heteroatoms. The molecule has 1 aliphatic heterocycles. The van der Waals surface area contributed by atoms with Gasteiger partial charge in [-0.15, -0.1) is 0 Å². The standard InChI is InChI=1S/C7H15NO2/c9-6-7-5-8-3-1-2-4-10-7/h7-9H,1-6H2/t7-/m0/s1. The van der Waals surface area contributed by atoms with Gasteiger partial charge in [-0.2, -0.15) is 0 Å². The van der Waals surface area contributed by atoms with Crippen LogP contribution in [0.15, 0.2) is 0 Å². The van der Waals surface area contributed by atoms with Crippen LogP contribution >= 0.6 is 0 Å². The maximum atomic E-state index is 8.74. The predicted octanol–water partition coefficient (Wildman–Crippen LogP) is -0.253. The van der Waals surface area contributed by atoms with Crippen LogP contribution in [-0.4, -0.2) is 37.5 Å². The number of aliphatic hydroxyl groups excluding tert-OH is 1. The largest absolute Gasteiger partial charge is 0.394 e. The molecule has 0 aromatic carbocycles. The quantitative estimate of drug-likeness (QED) is 0.534. The van der Waals surface area contributed by atoms with Crippen LogP contribution in [0.25, 0.3) is 0 Å². The first-order valence-electron chi connectivity index (χ1n) is 3.86. The fraction of sp³-hybridized carbons (Fsp3) is 1.00. The van der Waals surface area contributed by atoms with E-state index in [1.807, 2.05) is 0 Å². The van der Waals surface area contributed by atoms with Crippen molar-refractivity contribution in [3.63, 3.8) is 0 Å². The van der Waals surface area contributed by atoms with E-state index in [0.29, 0.717) is 0 Å². The van der Waals surface area contributed by atoms with Crippen molar-refractivity contribution in [3.8, 4) is 0 Å². The molecule has 0 aromatic heterocycles. The maximum Gasteiger partial charge on any atom is 0.0929 e. The van der Waals surface area contributed by atoms with Gasteiger partial charge in [-0.3, -0.25) is 0 Å². The third kappa shape index (κ3) is 2.64. The van der Waals surface area contributed by atoms with Crippen molar-refractivity contribution in [1.29, 1.82) is 0 Å². The highest BCUT2D eigenvalue weighted by Crippen LogP contribution is 1.97. The molecule has 0 unspecified atom stereocenters. The average Bonchev–Trinajstić information content (AvgIpc) is 1.87. The molecule has 60 valence electrons. The summed E-state index contributed by atoms with van der Waals surface area (Å²) in [7, 11) is 0. The number of hydrogen-bond donors (Lipinski definition) is 2. The van der Waals surface area contributed by atoms with Crippen molar-refractivity contribution >= 4 is 0 Å². The summed E-state index contributed by atoms with van der Waals surface area (Å²) in [6, 6.07) is 0. The molecule has 1 fully saturated rings. The molecule has 0 spiro atoms. The van der Waals surface area contributed by atoms with Crippen LogP contribution in [0.2, 0.25) is 0 Å². The third-order valence-electron chi connectivity index (χ3n) is 1.68. The van der Waals surface area contributed by atoms with E-state index in [1.54, 1.807) is 0 Å². The van der Waals surface area contributed by atoms with Gasteiger partial charge in [-0.25, -0.2) is 0 Å². The summed E-state index contributed by atoms with van der Waals surface area (Å²) in [4.78, 5) is 0. The van der Waals surface area contributed by atoms with Gasteiger partial charge >= 0.3 is 0 Å². The van der Waals surface area contributed by atoms with Gasteiger partial charge in [0, 0.05) is 13.2 Å². The molecule has 1 atom stereocenters. The summed E-state index contributed by atoms with van der Waals surface area (Å²) < 4.78 is 5.32. The van der Waals surface area contributed by atoms with Crippen molar-refractivity contribution in [2.75, 3.05) is 26.3 Å². The van der Waals surface area contributed by atoms with Gasteiger partial charge in [0.15, 0.2) is 0 Å². The zero-order chi connectivity index (χ0) is 7.23. The molecule has 0 aliphatic carbocycles. The highest BCUT2D eigenvalue weighted by Gasteiger charge is 2.08. The molecule has 0 saturated carbocycles. The van der Waals surface area contributed by atoms with Crippen LogP contribution in [0.4, 0.5) is 0 Å². The Morgan fingerprint density at radius 2 is 2.40 bits per heavy atom. The molecule has 1 aliphatic rings. The molecule has 0 bridgehead atoms. The normalized spacial score (nSPS) is 29.1. The number of hydrogen-bond acceptors (Lipinski definition) is 3. The van der Waals surface area contributed by atoms with Crippen LogP contribution in [0.1, 0.15) is 12.8 Å². The first kappa shape index (κ1) is 7.98. The van der Waals surface area contributed by atoms with E-state index < -0.39 is 0 Å². The smallest absolute Gasteiger partial charge is 0.0929 e. The van der Waals surface area contributed by atoms with Crippen molar-refractivity contribution in [3.05, 3.63) is 0 Å². The summed E-state index contributed by atoms with van der Waals surface area (Å²) >= 11 is 0. The Balaban J connectivity index is 2.16. The molecule has 1 heterocycles. The van der Waals surface area contributed by atoms with Crippen molar-refractivity contribution in [2.45, 2.75) is 18.9 Å². The second-order valence-electron chi connectivity index (χ2n) is 2.59. The SMILES string of the molecule is OC[C@@H]1CNCCCCO1. The van der Waals surface area contributed by atoms with Crippen LogP contribution in [-0.2, 0) is 4.74 Å². The monoisotopic (exact) mass is 145 g/mol. The fourth-order valence-corrected chi connectivity index (χ4v) is 1.04. The van der Waals surface area contributed by atoms with E-state index in [1.165, 1.54) is 6.42 Å². The van der Waals surface area contributed by atoms with E-state index in [2.05, 4.69) is 5.32 Å². The zero-order valence-electron chi connectivity index (χ0n) is 6.18. The van der Waals surface area contributed by atoms with E-state index in [4.69, 9.17) is 9.84 Å². The van der Waals surface area contributed by atoms with E-state index in [9.17, 15) is 0 Å². The highest BCUT2D eigenvalue weighted by atomic mass is 16.5. The maximum absolute atomic E-state index is 8.74. The van der Waals surface area contributed by atoms with E-state index >= 15 is 0 Å². The Morgan fingerprint density at radius 3 is 3.20 bits per heavy atom. The number of aliphatic hydroxyl groups is 1. The van der Waals surface area contributed by atoms with Gasteiger partial charge in [-0.05, 0) is 19.4 Å². The van der Waals surface area contributed by atoms with Crippen LogP contribution < -0.4 is 5.32 Å². The molecular weight excluding hydrogens is 130 g/mol. The highest BCUT2D eigenvalue weighted by molar-refractivity contribution is 4.62. The lowest BCUT2D eigenvalue weighted by Crippen LogP contribution is -2.34. The number of ether oxygens (including phenoxy) is 1. The molecular formula is C7H15NO2. The zero-order valence-corrected chi connectivity index (χ0v) is 6.18. The lowest BCUT2D eigenvalue weighted by atomic mass is 10.2. The Kier molecular flexibility index (Phi) is 3.72. The van der Waals surface area contributed by atoms with Gasteiger partial charge in [0.1, 0.15) is 0 Å². The molecule has 2 N–H and O–H groups in total. The minimum atomic E-state index is 0.0142. The molecule has 0 radical (unpaired) electrons. The number of rotatable bonds is 1. The summed E-state index contributed by atoms with van der Waals surface area (Å²) in [5.41, 5.74) is 0. The molecule has 1 rings (SSSR count). The van der Waals surface area contributed by atoms with Crippen LogP contribution in [0.3, 0.4) is 0 Å². The average molecular weight is 145 g/mol. The second-order valence-corrected chi connectivity index (χ2v) is 2.59. The minimum absolute atomic E-state index is 0.0142. The Bertz CT molecular complexity index is 79.7. The van der Waals surface area contributed by atoms with E-state index in [-0.39, 0.29) is 12.7 Å². The molecule has 1 saturated heterocycles. The van der Waals surface area contributed by atoms with Gasteiger partial charge < -0.3 is 15.2 Å². The minimum Gasteiger partial charge on any atom is -0.394 e. The lowest BCUT2D eigenvalue weighted by molar-refractivity contribution is 0.00663. The summed E-state index contributed by atoms with van der Waals surface area (Å²) in [5, 5.41) is 11.9. The van der Waals surface area contributed by atoms with Crippen LogP contribution in [0, 0.1) is 0 Å². The molecule has 10 heavy (non-hydrogen) atoms. The summed E-state index contributed by atoms with van der Waals surface area (Å²) in [5.74, 6) is 0. The van der Waals surface area contributed by atoms with Crippen molar-refractivity contribution in [2.24, 2.45) is 0 Å². The van der Waals surface area contributed by atoms with Gasteiger partial charge in [-0.1, -0.05) is 0 Å². The molecule has 0 aromatic rings. The molecule has 0 amide bonds. The van der Waals surface area contributed by atoms with Crippen molar-refractivity contribution < 1.29 is 9.84 Å². The Morgan fingerprint density at radius 1 is 1.50 bits per heavy atom. The topological polar surface area (TPSA) is 41.5 Å². The summed E-state index contributed by atoms with van der Waals surface area (Å²) in [6.07, 6.45) is 2.29. The van der Waals surface area contributed by atoms with Gasteiger partial charge in [0.05, 0.1) is 12.7 Å². The van der Waals surface area contributed by atoms with Crippen molar-refractivity contribution in [1.82, 2.24) is 5.32 Å². The van der Waals surface area contributed by atoms with E-state index in [0.717, 1.165) is 26.1 Å². The number of nitrogens with one attached hydrogen (secondary N) is 1. The van der Waals surface area contributed by atoms with Gasteiger partial charge in [0.2, 0.25) is 0 Å². The third-order valence-corrected chi connectivity index (χ3v) is 1.68.